The third kappa shape index (κ3) is 4.41. The number of anilines is 1. The minimum absolute atomic E-state index is 0.0900. The Morgan fingerprint density at radius 3 is 2.65 bits per heavy atom. The summed E-state index contributed by atoms with van der Waals surface area (Å²) in [5, 5.41) is 8.57. The van der Waals surface area contributed by atoms with Gasteiger partial charge in [0.25, 0.3) is 5.91 Å². The third-order valence-corrected chi connectivity index (χ3v) is 6.19. The van der Waals surface area contributed by atoms with Gasteiger partial charge in [-0.15, -0.1) is 10.2 Å². The van der Waals surface area contributed by atoms with Crippen LogP contribution in [0.4, 0.5) is 5.82 Å². The average Bonchev–Trinajstić information content (AvgIpc) is 3.21. The fraction of sp³-hybridized carbons (Fsp3) is 0.320. The van der Waals surface area contributed by atoms with Gasteiger partial charge in [-0.2, -0.15) is 0 Å². The topological polar surface area (TPSA) is 120 Å². The lowest BCUT2D eigenvalue weighted by Gasteiger charge is -2.33. The van der Waals surface area contributed by atoms with Crippen LogP contribution in [0.3, 0.4) is 0 Å². The molecule has 34 heavy (non-hydrogen) atoms. The maximum Gasteiger partial charge on any atom is 0.269 e. The second kappa shape index (κ2) is 9.09. The predicted molar refractivity (Wildman–Crippen MR) is 127 cm³/mol. The van der Waals surface area contributed by atoms with Crippen molar-refractivity contribution in [1.29, 1.82) is 0 Å². The zero-order chi connectivity index (χ0) is 23.7. The van der Waals surface area contributed by atoms with Crippen molar-refractivity contribution in [3.63, 3.8) is 0 Å². The molecule has 9 heteroatoms. The van der Waals surface area contributed by atoms with E-state index in [0.29, 0.717) is 12.3 Å². The highest BCUT2D eigenvalue weighted by atomic mass is 16.5. The molecule has 0 unspecified atom stereocenters. The van der Waals surface area contributed by atoms with E-state index in [1.165, 1.54) is 0 Å². The molecule has 0 saturated carbocycles. The summed E-state index contributed by atoms with van der Waals surface area (Å²) in [6, 6.07) is 9.58. The number of carbonyl (C=O) groups excluding carboxylic acids is 1. The molecule has 1 aliphatic heterocycles. The number of rotatable bonds is 6. The Bertz CT molecular complexity index is 1330. The molecule has 4 aromatic rings. The fourth-order valence-electron chi connectivity index (χ4n) is 4.44. The lowest BCUT2D eigenvalue weighted by Crippen LogP contribution is -2.39. The number of benzene rings is 1. The Labute approximate surface area is 197 Å². The maximum absolute atomic E-state index is 12.0. The molecule has 1 saturated heterocycles. The van der Waals surface area contributed by atoms with Crippen LogP contribution in [-0.2, 0) is 6.42 Å². The Kier molecular flexibility index (Phi) is 5.83. The molecule has 1 fully saturated rings. The van der Waals surface area contributed by atoms with Crippen molar-refractivity contribution < 1.29 is 13.9 Å². The van der Waals surface area contributed by atoms with E-state index in [2.05, 4.69) is 25.1 Å². The summed E-state index contributed by atoms with van der Waals surface area (Å²) in [6.45, 7) is 5.35. The van der Waals surface area contributed by atoms with Gasteiger partial charge in [0, 0.05) is 57.7 Å². The van der Waals surface area contributed by atoms with Crippen LogP contribution in [-0.4, -0.2) is 45.3 Å². The Balaban J connectivity index is 1.30. The molecule has 0 radical (unpaired) electrons. The number of hydrogen-bond acceptors (Lipinski definition) is 8. The minimum Gasteiger partial charge on any atom is -0.490 e. The molecule has 174 valence electrons. The zero-order valence-corrected chi connectivity index (χ0v) is 19.2. The number of ether oxygens (including phenoxy) is 1. The summed E-state index contributed by atoms with van der Waals surface area (Å²) in [7, 11) is 0. The Hall–Kier alpha value is -4.01. The van der Waals surface area contributed by atoms with Crippen molar-refractivity contribution in [1.82, 2.24) is 20.2 Å². The molecule has 1 aliphatic rings. The molecular formula is C25H26N6O3. The molecule has 0 bridgehead atoms. The van der Waals surface area contributed by atoms with Crippen LogP contribution in [0.1, 0.15) is 45.9 Å². The summed E-state index contributed by atoms with van der Waals surface area (Å²) in [5.41, 5.74) is 10.1. The first-order chi connectivity index (χ1) is 16.5. The van der Waals surface area contributed by atoms with Crippen LogP contribution >= 0.6 is 0 Å². The highest BCUT2D eigenvalue weighted by Crippen LogP contribution is 2.29. The number of carbonyl (C=O) groups is 1. The quantitative estimate of drug-likeness (QED) is 0.467. The van der Waals surface area contributed by atoms with E-state index in [9.17, 15) is 4.79 Å². The molecule has 0 aliphatic carbocycles. The van der Waals surface area contributed by atoms with Crippen LogP contribution in [0.2, 0.25) is 0 Å². The molecule has 5 rings (SSSR count). The Morgan fingerprint density at radius 2 is 1.91 bits per heavy atom. The van der Waals surface area contributed by atoms with Crippen molar-refractivity contribution >= 4 is 22.8 Å². The van der Waals surface area contributed by atoms with Gasteiger partial charge < -0.3 is 19.8 Å². The van der Waals surface area contributed by atoms with Crippen molar-refractivity contribution in [2.24, 2.45) is 5.73 Å². The number of nitrogens with zero attached hydrogens (tertiary/aromatic N) is 5. The molecule has 4 heterocycles. The number of fused-ring (bicyclic) bond motifs is 1. The zero-order valence-electron chi connectivity index (χ0n) is 19.2. The highest BCUT2D eigenvalue weighted by Gasteiger charge is 2.26. The van der Waals surface area contributed by atoms with E-state index in [1.54, 1.807) is 12.4 Å². The number of aromatic nitrogens is 4. The van der Waals surface area contributed by atoms with Gasteiger partial charge in [-0.1, -0.05) is 0 Å². The van der Waals surface area contributed by atoms with E-state index >= 15 is 0 Å². The number of pyridine rings is 1. The van der Waals surface area contributed by atoms with E-state index in [-0.39, 0.29) is 11.8 Å². The van der Waals surface area contributed by atoms with E-state index < -0.39 is 5.91 Å². The van der Waals surface area contributed by atoms with Crippen LogP contribution in [0.5, 0.6) is 5.75 Å². The summed E-state index contributed by atoms with van der Waals surface area (Å²) >= 11 is 0. The normalized spacial score (nSPS) is 14.5. The van der Waals surface area contributed by atoms with Gasteiger partial charge in [0.2, 0.25) is 0 Å². The standard InChI is InChI=1S/C25H26N6O3/c1-15-20(13-17-5-9-27-10-6-17)23(24(26)32)29-30-25(15)31-11-7-18(8-12-31)34-19-3-4-21-22(14-19)33-16(2)28-21/h3-6,9-10,14,18H,7-8,11-13H2,1-2H3,(H2,26,32). The molecular weight excluding hydrogens is 432 g/mol. The Morgan fingerprint density at radius 1 is 1.15 bits per heavy atom. The summed E-state index contributed by atoms with van der Waals surface area (Å²) in [6.07, 6.45) is 5.77. The van der Waals surface area contributed by atoms with Gasteiger partial charge in [0.05, 0.1) is 0 Å². The number of amides is 1. The largest absolute Gasteiger partial charge is 0.490 e. The molecule has 0 atom stereocenters. The van der Waals surface area contributed by atoms with E-state index in [1.807, 2.05) is 44.2 Å². The first-order valence-electron chi connectivity index (χ1n) is 11.3. The van der Waals surface area contributed by atoms with Gasteiger partial charge in [0.1, 0.15) is 17.4 Å². The van der Waals surface area contributed by atoms with Gasteiger partial charge in [-0.25, -0.2) is 4.98 Å². The second-order valence-corrected chi connectivity index (χ2v) is 8.54. The van der Waals surface area contributed by atoms with Crippen LogP contribution in [0, 0.1) is 13.8 Å². The molecule has 0 spiro atoms. The number of hydrogen-bond donors (Lipinski definition) is 1. The number of aryl methyl sites for hydroxylation is 1. The average molecular weight is 459 g/mol. The first-order valence-corrected chi connectivity index (χ1v) is 11.3. The van der Waals surface area contributed by atoms with Gasteiger partial charge in [0.15, 0.2) is 23.0 Å². The van der Waals surface area contributed by atoms with E-state index in [0.717, 1.165) is 65.3 Å². The smallest absolute Gasteiger partial charge is 0.269 e. The number of piperidine rings is 1. The fourth-order valence-corrected chi connectivity index (χ4v) is 4.44. The van der Waals surface area contributed by atoms with Crippen molar-refractivity contribution in [3.8, 4) is 5.75 Å². The predicted octanol–water partition coefficient (Wildman–Crippen LogP) is 3.37. The van der Waals surface area contributed by atoms with Crippen molar-refractivity contribution in [3.05, 3.63) is 71.0 Å². The summed E-state index contributed by atoms with van der Waals surface area (Å²) in [5.74, 6) is 1.63. The summed E-state index contributed by atoms with van der Waals surface area (Å²) < 4.78 is 11.8. The van der Waals surface area contributed by atoms with Gasteiger partial charge >= 0.3 is 0 Å². The SMILES string of the molecule is Cc1nc2ccc(OC3CCN(c4nnc(C(N)=O)c(Cc5ccncc5)c4C)CC3)cc2o1. The van der Waals surface area contributed by atoms with Gasteiger partial charge in [-0.3, -0.25) is 9.78 Å². The molecule has 3 aromatic heterocycles. The van der Waals surface area contributed by atoms with Crippen molar-refractivity contribution in [2.45, 2.75) is 39.2 Å². The second-order valence-electron chi connectivity index (χ2n) is 8.54. The first kappa shape index (κ1) is 21.8. The minimum atomic E-state index is -0.572. The molecule has 1 amide bonds. The summed E-state index contributed by atoms with van der Waals surface area (Å²) in [4.78, 5) is 22.6. The van der Waals surface area contributed by atoms with Crippen LogP contribution < -0.4 is 15.4 Å². The monoisotopic (exact) mass is 458 g/mol. The third-order valence-electron chi connectivity index (χ3n) is 6.19. The molecule has 1 aromatic carbocycles. The highest BCUT2D eigenvalue weighted by molar-refractivity contribution is 5.93. The van der Waals surface area contributed by atoms with Gasteiger partial charge in [-0.05, 0) is 47.9 Å². The molecule has 9 nitrogen and oxygen atoms in total. The number of nitrogens with two attached hydrogens (primary N) is 1. The van der Waals surface area contributed by atoms with E-state index in [4.69, 9.17) is 14.9 Å². The van der Waals surface area contributed by atoms with Crippen LogP contribution in [0.25, 0.3) is 11.1 Å². The van der Waals surface area contributed by atoms with Crippen molar-refractivity contribution in [2.75, 3.05) is 18.0 Å². The number of primary amides is 1. The molecule has 2 N–H and O–H groups in total. The van der Waals surface area contributed by atoms with Crippen LogP contribution in [0.15, 0.2) is 47.1 Å². The maximum atomic E-state index is 12.0. The number of oxazole rings is 1. The lowest BCUT2D eigenvalue weighted by atomic mass is 9.99. The lowest BCUT2D eigenvalue weighted by molar-refractivity contribution is 0.0993.